The van der Waals surface area contributed by atoms with E-state index >= 15 is 0 Å². The number of rotatable bonds is 5. The molecule has 1 saturated heterocycles. The predicted octanol–water partition coefficient (Wildman–Crippen LogP) is 6.50. The smallest absolute Gasteiger partial charge is 0.124 e. The molecule has 3 aromatic rings. The molecule has 0 bridgehead atoms. The summed E-state index contributed by atoms with van der Waals surface area (Å²) in [5, 5.41) is 0.495. The highest BCUT2D eigenvalue weighted by Crippen LogP contribution is 2.35. The molecule has 0 N–H and O–H groups in total. The van der Waals surface area contributed by atoms with Crippen molar-refractivity contribution in [3.63, 3.8) is 0 Å². The lowest BCUT2D eigenvalue weighted by Crippen LogP contribution is -2.47. The lowest BCUT2D eigenvalue weighted by molar-refractivity contribution is -0.00954. The van der Waals surface area contributed by atoms with Crippen LogP contribution in [0.15, 0.2) is 66.7 Å². The van der Waals surface area contributed by atoms with E-state index in [1.54, 1.807) is 0 Å². The Bertz CT molecular complexity index is 1020. The topological polar surface area (TPSA) is 6.48 Å². The second-order valence-corrected chi connectivity index (χ2v) is 8.59. The van der Waals surface area contributed by atoms with Gasteiger partial charge in [-0.25, -0.2) is 4.39 Å². The van der Waals surface area contributed by atoms with Crippen LogP contribution in [0.5, 0.6) is 0 Å². The first kappa shape index (κ1) is 21.0. The SMILES string of the molecule is Cc1ccccc1CN1CCCN(Cc2ccc(F)cc2Cl)C1c1ccccc1C. The van der Waals surface area contributed by atoms with Crippen LogP contribution in [0.25, 0.3) is 0 Å². The van der Waals surface area contributed by atoms with Gasteiger partial charge in [-0.2, -0.15) is 0 Å². The third kappa shape index (κ3) is 4.59. The summed E-state index contributed by atoms with van der Waals surface area (Å²) in [4.78, 5) is 5.04. The van der Waals surface area contributed by atoms with Gasteiger partial charge in [0.05, 0.1) is 6.17 Å². The molecule has 1 heterocycles. The second kappa shape index (κ2) is 9.30. The number of hydrogen-bond acceptors (Lipinski definition) is 2. The number of nitrogens with zero attached hydrogens (tertiary/aromatic N) is 2. The zero-order valence-corrected chi connectivity index (χ0v) is 18.4. The molecule has 4 heteroatoms. The summed E-state index contributed by atoms with van der Waals surface area (Å²) >= 11 is 6.38. The van der Waals surface area contributed by atoms with Crippen LogP contribution < -0.4 is 0 Å². The van der Waals surface area contributed by atoms with Crippen LogP contribution in [0, 0.1) is 19.7 Å². The molecule has 0 radical (unpaired) electrons. The largest absolute Gasteiger partial charge is 0.280 e. The van der Waals surface area contributed by atoms with Gasteiger partial charge in [0.25, 0.3) is 0 Å². The summed E-state index contributed by atoms with van der Waals surface area (Å²) in [6.45, 7) is 7.98. The van der Waals surface area contributed by atoms with Crippen LogP contribution in [0.3, 0.4) is 0 Å². The van der Waals surface area contributed by atoms with Crippen molar-refractivity contribution in [1.82, 2.24) is 9.80 Å². The maximum atomic E-state index is 13.6. The van der Waals surface area contributed by atoms with Crippen LogP contribution in [0.1, 0.15) is 40.4 Å². The van der Waals surface area contributed by atoms with Crippen molar-refractivity contribution in [1.29, 1.82) is 0 Å². The van der Waals surface area contributed by atoms with Gasteiger partial charge in [0.15, 0.2) is 0 Å². The van der Waals surface area contributed by atoms with E-state index < -0.39 is 0 Å². The Morgan fingerprint density at radius 1 is 0.833 bits per heavy atom. The van der Waals surface area contributed by atoms with Gasteiger partial charge in [-0.3, -0.25) is 9.80 Å². The third-order valence-corrected chi connectivity index (χ3v) is 6.42. The molecule has 30 heavy (non-hydrogen) atoms. The Kier molecular flexibility index (Phi) is 6.52. The molecule has 0 spiro atoms. The minimum absolute atomic E-state index is 0.153. The first-order chi connectivity index (χ1) is 14.5. The molecule has 2 nitrogen and oxygen atoms in total. The lowest BCUT2D eigenvalue weighted by Gasteiger charge is -2.45. The summed E-state index contributed by atoms with van der Waals surface area (Å²) in [5.41, 5.74) is 6.25. The van der Waals surface area contributed by atoms with E-state index in [0.29, 0.717) is 11.6 Å². The number of benzene rings is 3. The molecular weight excluding hydrogens is 395 g/mol. The van der Waals surface area contributed by atoms with E-state index in [9.17, 15) is 4.39 Å². The summed E-state index contributed by atoms with van der Waals surface area (Å²) in [6.07, 6.45) is 1.24. The molecule has 1 atom stereocenters. The molecule has 0 aliphatic carbocycles. The third-order valence-electron chi connectivity index (χ3n) is 6.07. The summed E-state index contributed by atoms with van der Waals surface area (Å²) < 4.78 is 13.6. The van der Waals surface area contributed by atoms with Gasteiger partial charge in [-0.15, -0.1) is 0 Å². The van der Waals surface area contributed by atoms with Crippen molar-refractivity contribution < 1.29 is 4.39 Å². The number of hydrogen-bond donors (Lipinski definition) is 0. The van der Waals surface area contributed by atoms with Crippen LogP contribution in [-0.4, -0.2) is 22.9 Å². The second-order valence-electron chi connectivity index (χ2n) is 8.19. The van der Waals surface area contributed by atoms with Crippen LogP contribution in [0.2, 0.25) is 5.02 Å². The van der Waals surface area contributed by atoms with Gasteiger partial charge in [-0.05, 0) is 60.2 Å². The van der Waals surface area contributed by atoms with Crippen LogP contribution in [0.4, 0.5) is 4.39 Å². The Morgan fingerprint density at radius 3 is 2.13 bits per heavy atom. The average molecular weight is 423 g/mol. The quantitative estimate of drug-likeness (QED) is 0.462. The van der Waals surface area contributed by atoms with Gasteiger partial charge < -0.3 is 0 Å². The normalized spacial score (nSPS) is 17.9. The molecule has 1 aliphatic heterocycles. The fourth-order valence-electron chi connectivity index (χ4n) is 4.43. The average Bonchev–Trinajstić information content (AvgIpc) is 2.73. The molecule has 0 saturated carbocycles. The van der Waals surface area contributed by atoms with Crippen molar-refractivity contribution >= 4 is 11.6 Å². The molecule has 4 rings (SSSR count). The van der Waals surface area contributed by atoms with Crippen LogP contribution >= 0.6 is 11.6 Å². The monoisotopic (exact) mass is 422 g/mol. The highest BCUT2D eigenvalue weighted by atomic mass is 35.5. The standard InChI is InChI=1S/C26H28ClFN2/c1-19-8-3-5-10-21(19)17-29-14-7-15-30(18-22-12-13-23(28)16-25(22)27)26(29)24-11-6-4-9-20(24)2/h3-6,8-13,16,26H,7,14-15,17-18H2,1-2H3. The Balaban J connectivity index is 1.69. The molecular formula is C26H28ClFN2. The molecule has 1 aliphatic rings. The molecule has 156 valence electrons. The summed E-state index contributed by atoms with van der Waals surface area (Å²) in [7, 11) is 0. The Hall–Kier alpha value is -2.20. The Labute approximate surface area is 183 Å². The van der Waals surface area contributed by atoms with Crippen molar-refractivity contribution in [3.8, 4) is 0 Å². The zero-order valence-electron chi connectivity index (χ0n) is 17.6. The van der Waals surface area contributed by atoms with Crippen molar-refractivity contribution in [2.45, 2.75) is 39.5 Å². The highest BCUT2D eigenvalue weighted by molar-refractivity contribution is 6.31. The van der Waals surface area contributed by atoms with Crippen molar-refractivity contribution in [2.24, 2.45) is 0 Å². The van der Waals surface area contributed by atoms with Crippen molar-refractivity contribution in [3.05, 3.63) is 105 Å². The minimum Gasteiger partial charge on any atom is -0.280 e. The van der Waals surface area contributed by atoms with Gasteiger partial charge in [0, 0.05) is 31.2 Å². The number of halogens is 2. The highest BCUT2D eigenvalue weighted by Gasteiger charge is 2.32. The minimum atomic E-state index is -0.293. The first-order valence-electron chi connectivity index (χ1n) is 10.5. The van der Waals surface area contributed by atoms with E-state index in [1.165, 1.54) is 34.4 Å². The van der Waals surface area contributed by atoms with E-state index in [2.05, 4.69) is 72.2 Å². The van der Waals surface area contributed by atoms with E-state index in [1.807, 2.05) is 6.07 Å². The maximum Gasteiger partial charge on any atom is 0.124 e. The van der Waals surface area contributed by atoms with Gasteiger partial charge in [-0.1, -0.05) is 66.2 Å². The first-order valence-corrected chi connectivity index (χ1v) is 10.9. The van der Waals surface area contributed by atoms with E-state index in [4.69, 9.17) is 11.6 Å². The fraction of sp³-hybridized carbons (Fsp3) is 0.308. The fourth-order valence-corrected chi connectivity index (χ4v) is 4.66. The van der Waals surface area contributed by atoms with E-state index in [0.717, 1.165) is 31.6 Å². The summed E-state index contributed by atoms with van der Waals surface area (Å²) in [6, 6.07) is 22.0. The lowest BCUT2D eigenvalue weighted by atomic mass is 9.99. The molecule has 0 aromatic heterocycles. The Morgan fingerprint density at radius 2 is 1.47 bits per heavy atom. The number of aryl methyl sites for hydroxylation is 2. The maximum absolute atomic E-state index is 13.6. The van der Waals surface area contributed by atoms with E-state index in [-0.39, 0.29) is 12.0 Å². The van der Waals surface area contributed by atoms with Gasteiger partial charge in [0.2, 0.25) is 0 Å². The zero-order chi connectivity index (χ0) is 21.1. The van der Waals surface area contributed by atoms with Crippen LogP contribution in [-0.2, 0) is 13.1 Å². The molecule has 3 aromatic carbocycles. The molecule has 1 unspecified atom stereocenters. The van der Waals surface area contributed by atoms with Gasteiger partial charge in [0.1, 0.15) is 5.82 Å². The van der Waals surface area contributed by atoms with Gasteiger partial charge >= 0.3 is 0 Å². The summed E-state index contributed by atoms with van der Waals surface area (Å²) in [5.74, 6) is -0.293. The molecule has 0 amide bonds. The molecule has 1 fully saturated rings. The predicted molar refractivity (Wildman–Crippen MR) is 122 cm³/mol. The van der Waals surface area contributed by atoms with Crippen molar-refractivity contribution in [2.75, 3.05) is 13.1 Å².